The largest absolute Gasteiger partial charge is 0.311 e. The van der Waals surface area contributed by atoms with Crippen molar-refractivity contribution in [2.75, 3.05) is 13.1 Å². The van der Waals surface area contributed by atoms with Crippen LogP contribution in [0.5, 0.6) is 0 Å². The molecular weight excluding hydrogens is 232 g/mol. The van der Waals surface area contributed by atoms with Crippen molar-refractivity contribution in [3.05, 3.63) is 35.9 Å². The summed E-state index contributed by atoms with van der Waals surface area (Å²) in [6.07, 6.45) is 0. The number of hydrogen-bond donors (Lipinski definition) is 1. The lowest BCUT2D eigenvalue weighted by molar-refractivity contribution is 0.0376. The highest BCUT2D eigenvalue weighted by atomic mass is 15.3. The summed E-state index contributed by atoms with van der Waals surface area (Å²) >= 11 is 0. The average Bonchev–Trinajstić information content (AvgIpc) is 2.37. The summed E-state index contributed by atoms with van der Waals surface area (Å²) in [4.78, 5) is 2.68. The van der Waals surface area contributed by atoms with E-state index < -0.39 is 0 Å². The Kier molecular flexibility index (Phi) is 4.32. The van der Waals surface area contributed by atoms with Gasteiger partial charge in [0.2, 0.25) is 0 Å². The van der Waals surface area contributed by atoms with Crippen molar-refractivity contribution in [2.24, 2.45) is 5.41 Å². The summed E-state index contributed by atoms with van der Waals surface area (Å²) in [5, 5.41) is 3.63. The first-order valence-corrected chi connectivity index (χ1v) is 7.43. The van der Waals surface area contributed by atoms with Crippen LogP contribution in [0.1, 0.15) is 46.2 Å². The molecule has 0 amide bonds. The van der Waals surface area contributed by atoms with Crippen LogP contribution >= 0.6 is 0 Å². The fourth-order valence-corrected chi connectivity index (χ4v) is 2.85. The number of hydrogen-bond acceptors (Lipinski definition) is 2. The van der Waals surface area contributed by atoms with E-state index >= 15 is 0 Å². The van der Waals surface area contributed by atoms with Crippen molar-refractivity contribution >= 4 is 0 Å². The molecule has 3 atom stereocenters. The van der Waals surface area contributed by atoms with Gasteiger partial charge in [-0.3, -0.25) is 4.90 Å². The predicted molar refractivity (Wildman–Crippen MR) is 82.3 cm³/mol. The van der Waals surface area contributed by atoms with Gasteiger partial charge in [-0.1, -0.05) is 51.1 Å². The first-order chi connectivity index (χ1) is 8.89. The zero-order valence-corrected chi connectivity index (χ0v) is 13.0. The minimum atomic E-state index is 0.310. The third kappa shape index (κ3) is 3.37. The molecule has 3 unspecified atom stereocenters. The molecule has 1 fully saturated rings. The molecule has 2 rings (SSSR count). The fourth-order valence-electron chi connectivity index (χ4n) is 2.85. The SMILES string of the molecule is CC1CN(C(C)C(C)(C)C)C(c2ccccc2)CN1. The van der Waals surface area contributed by atoms with Gasteiger partial charge in [-0.05, 0) is 24.8 Å². The third-order valence-corrected chi connectivity index (χ3v) is 4.48. The van der Waals surface area contributed by atoms with Gasteiger partial charge in [-0.2, -0.15) is 0 Å². The molecule has 1 heterocycles. The number of nitrogens with one attached hydrogen (secondary N) is 1. The standard InChI is InChI=1S/C17H28N2/c1-13-12-19(14(2)17(3,4)5)16(11-18-13)15-9-7-6-8-10-15/h6-10,13-14,16,18H,11-12H2,1-5H3. The van der Waals surface area contributed by atoms with E-state index in [0.29, 0.717) is 23.5 Å². The lowest BCUT2D eigenvalue weighted by atomic mass is 9.84. The Morgan fingerprint density at radius 1 is 1.21 bits per heavy atom. The van der Waals surface area contributed by atoms with Gasteiger partial charge in [-0.15, -0.1) is 0 Å². The Labute approximate surface area is 118 Å². The van der Waals surface area contributed by atoms with Crippen LogP contribution in [0, 0.1) is 5.41 Å². The molecule has 1 saturated heterocycles. The second-order valence-electron chi connectivity index (χ2n) is 6.97. The molecule has 0 saturated carbocycles. The highest BCUT2D eigenvalue weighted by molar-refractivity contribution is 5.20. The molecule has 106 valence electrons. The molecule has 1 aliphatic heterocycles. The first kappa shape index (κ1) is 14.5. The maximum atomic E-state index is 3.63. The summed E-state index contributed by atoms with van der Waals surface area (Å²) in [5.74, 6) is 0. The number of piperazine rings is 1. The van der Waals surface area contributed by atoms with Gasteiger partial charge in [-0.25, -0.2) is 0 Å². The van der Waals surface area contributed by atoms with Gasteiger partial charge in [0.05, 0.1) is 0 Å². The Morgan fingerprint density at radius 2 is 1.84 bits per heavy atom. The van der Waals surface area contributed by atoms with Crippen molar-refractivity contribution in [1.82, 2.24) is 10.2 Å². The van der Waals surface area contributed by atoms with Gasteiger partial charge in [0.15, 0.2) is 0 Å². The van der Waals surface area contributed by atoms with Crippen LogP contribution in [-0.4, -0.2) is 30.1 Å². The quantitative estimate of drug-likeness (QED) is 0.876. The van der Waals surface area contributed by atoms with Gasteiger partial charge < -0.3 is 5.32 Å². The van der Waals surface area contributed by atoms with E-state index in [0.717, 1.165) is 13.1 Å². The first-order valence-electron chi connectivity index (χ1n) is 7.43. The molecule has 1 aliphatic rings. The summed E-state index contributed by atoms with van der Waals surface area (Å²) in [7, 11) is 0. The van der Waals surface area contributed by atoms with Crippen molar-refractivity contribution in [3.8, 4) is 0 Å². The minimum absolute atomic E-state index is 0.310. The van der Waals surface area contributed by atoms with Crippen molar-refractivity contribution < 1.29 is 0 Å². The van der Waals surface area contributed by atoms with Crippen LogP contribution in [0.4, 0.5) is 0 Å². The highest BCUT2D eigenvalue weighted by Gasteiger charge is 2.35. The molecule has 0 aliphatic carbocycles. The highest BCUT2D eigenvalue weighted by Crippen LogP contribution is 2.32. The smallest absolute Gasteiger partial charge is 0.0476 e. The van der Waals surface area contributed by atoms with Crippen molar-refractivity contribution in [3.63, 3.8) is 0 Å². The second-order valence-corrected chi connectivity index (χ2v) is 6.97. The van der Waals surface area contributed by atoms with Crippen molar-refractivity contribution in [1.29, 1.82) is 0 Å². The Hall–Kier alpha value is -0.860. The van der Waals surface area contributed by atoms with E-state index in [9.17, 15) is 0 Å². The maximum absolute atomic E-state index is 3.63. The van der Waals surface area contributed by atoms with Crippen molar-refractivity contribution in [2.45, 2.75) is 52.7 Å². The maximum Gasteiger partial charge on any atom is 0.0476 e. The monoisotopic (exact) mass is 260 g/mol. The van der Waals surface area contributed by atoms with Gasteiger partial charge in [0, 0.05) is 31.2 Å². The molecule has 0 bridgehead atoms. The number of nitrogens with zero attached hydrogens (tertiary/aromatic N) is 1. The zero-order chi connectivity index (χ0) is 14.0. The molecule has 1 aromatic rings. The van der Waals surface area contributed by atoms with Crippen LogP contribution < -0.4 is 5.32 Å². The summed E-state index contributed by atoms with van der Waals surface area (Å²) in [6, 6.07) is 12.5. The van der Waals surface area contributed by atoms with E-state index in [-0.39, 0.29) is 0 Å². The second kappa shape index (κ2) is 5.64. The number of rotatable bonds is 2. The summed E-state index contributed by atoms with van der Waals surface area (Å²) in [5.41, 5.74) is 1.74. The zero-order valence-electron chi connectivity index (χ0n) is 13.0. The van der Waals surface area contributed by atoms with E-state index in [2.05, 4.69) is 75.2 Å². The van der Waals surface area contributed by atoms with Gasteiger partial charge in [0.25, 0.3) is 0 Å². The van der Waals surface area contributed by atoms with Gasteiger partial charge >= 0.3 is 0 Å². The Morgan fingerprint density at radius 3 is 2.42 bits per heavy atom. The summed E-state index contributed by atoms with van der Waals surface area (Å²) < 4.78 is 0. The van der Waals surface area contributed by atoms with Crippen LogP contribution in [0.15, 0.2) is 30.3 Å². The fraction of sp³-hybridized carbons (Fsp3) is 0.647. The Bertz CT molecular complexity index is 393. The topological polar surface area (TPSA) is 15.3 Å². The lowest BCUT2D eigenvalue weighted by Gasteiger charge is -2.47. The van der Waals surface area contributed by atoms with E-state index in [1.807, 2.05) is 0 Å². The van der Waals surface area contributed by atoms with Crippen LogP contribution in [-0.2, 0) is 0 Å². The molecule has 2 nitrogen and oxygen atoms in total. The molecular formula is C17H28N2. The normalized spacial score (nSPS) is 27.2. The molecule has 0 radical (unpaired) electrons. The Balaban J connectivity index is 2.25. The van der Waals surface area contributed by atoms with Crippen LogP contribution in [0.2, 0.25) is 0 Å². The van der Waals surface area contributed by atoms with Crippen LogP contribution in [0.25, 0.3) is 0 Å². The molecule has 1 aromatic carbocycles. The third-order valence-electron chi connectivity index (χ3n) is 4.48. The van der Waals surface area contributed by atoms with E-state index in [1.165, 1.54) is 5.56 Å². The van der Waals surface area contributed by atoms with Crippen LogP contribution in [0.3, 0.4) is 0 Å². The molecule has 19 heavy (non-hydrogen) atoms. The summed E-state index contributed by atoms with van der Waals surface area (Å²) in [6.45, 7) is 13.8. The van der Waals surface area contributed by atoms with E-state index in [1.54, 1.807) is 0 Å². The molecule has 2 heteroatoms. The average molecular weight is 260 g/mol. The lowest BCUT2D eigenvalue weighted by Crippen LogP contribution is -2.56. The van der Waals surface area contributed by atoms with E-state index in [4.69, 9.17) is 0 Å². The minimum Gasteiger partial charge on any atom is -0.311 e. The molecule has 0 spiro atoms. The molecule has 1 N–H and O–H groups in total. The molecule has 0 aromatic heterocycles. The number of benzene rings is 1. The van der Waals surface area contributed by atoms with Gasteiger partial charge in [0.1, 0.15) is 0 Å². The predicted octanol–water partition coefficient (Wildman–Crippen LogP) is 3.46.